The number of carbonyl (C=O) groups is 2. The third-order valence-corrected chi connectivity index (χ3v) is 23.7. The van der Waals surface area contributed by atoms with Gasteiger partial charge in [-0.2, -0.15) is 26.3 Å². The standard InChI is InChI=1S/C78H122ClN6O20P3/c1-4-7-9-11-13-15-17-19-21-23-25-27-29-31-33-42-69(86)91-64-68(99-70(87)43-34-32-30-28-26-24-22-20-18-16-14-12-10-8-5-2)65-98-108(90,97-63-41-56-84)103-74-71-72(102-78(101-71)48-35-36-49-78)75(104-106(88,93-59-37-52-80)94-60-38-53-81)76(105-107(89,95-61-39-54-82)96-62-40-55-83)73(74)100-77(92-6-3)50-57-85(58-51-77)67-46-44-66(79)45-47-67/h19-22,44-47,68,71-76H,4-18,23-43,48-51,57-65H2,1-3H3/b21-19-,22-20-/t68?,71-,72+,73+,74-,75-,76-,108?/m1/s1. The number of benzene rings is 1. The summed E-state index contributed by atoms with van der Waals surface area (Å²) in [6, 6.07) is 16.9. The summed E-state index contributed by atoms with van der Waals surface area (Å²) in [5.74, 6) is -4.36. The Hall–Kier alpha value is -4.65. The van der Waals surface area contributed by atoms with Crippen molar-refractivity contribution in [2.75, 3.05) is 70.8 Å². The van der Waals surface area contributed by atoms with Gasteiger partial charge in [0.15, 0.2) is 17.7 Å². The molecule has 2 heterocycles. The molecule has 108 heavy (non-hydrogen) atoms. The first-order valence-corrected chi connectivity index (χ1v) is 44.7. The number of phosphoric acid groups is 3. The number of unbranched alkanes of at least 4 members (excludes halogenated alkanes) is 22. The lowest BCUT2D eigenvalue weighted by Crippen LogP contribution is -2.67. The third kappa shape index (κ3) is 36.4. The zero-order chi connectivity index (χ0) is 77.9. The largest absolute Gasteiger partial charge is 0.475 e. The van der Waals surface area contributed by atoms with E-state index in [0.29, 0.717) is 30.7 Å². The molecule has 0 aromatic heterocycles. The molecule has 2 aliphatic carbocycles. The summed E-state index contributed by atoms with van der Waals surface area (Å²) < 4.78 is 142. The molecule has 2 unspecified atom stereocenters. The molecule has 1 aromatic carbocycles. The van der Waals surface area contributed by atoms with E-state index in [1.807, 2.05) is 42.5 Å². The van der Waals surface area contributed by atoms with Gasteiger partial charge in [-0.3, -0.25) is 50.3 Å². The molecule has 26 nitrogen and oxygen atoms in total. The zero-order valence-electron chi connectivity index (χ0n) is 64.4. The summed E-state index contributed by atoms with van der Waals surface area (Å²) >= 11 is 6.32. The van der Waals surface area contributed by atoms with E-state index in [1.54, 1.807) is 19.1 Å². The molecule has 8 atom stereocenters. The van der Waals surface area contributed by atoms with Gasteiger partial charge in [-0.25, -0.2) is 13.7 Å². The molecule has 0 amide bonds. The number of hydrogen-bond acceptors (Lipinski definition) is 26. The summed E-state index contributed by atoms with van der Waals surface area (Å²) in [6.07, 6.45) is 24.7. The molecule has 1 spiro atoms. The van der Waals surface area contributed by atoms with Crippen molar-refractivity contribution < 1.29 is 92.4 Å². The number of anilines is 1. The summed E-state index contributed by atoms with van der Waals surface area (Å²) in [6.45, 7) is 2.74. The van der Waals surface area contributed by atoms with Crippen LogP contribution in [0, 0.1) is 56.7 Å². The Balaban J connectivity index is 1.53. The third-order valence-electron chi connectivity index (χ3n) is 19.0. The molecule has 2 saturated heterocycles. The van der Waals surface area contributed by atoms with Crippen molar-refractivity contribution in [2.45, 2.75) is 325 Å². The van der Waals surface area contributed by atoms with Gasteiger partial charge in [0.25, 0.3) is 0 Å². The van der Waals surface area contributed by atoms with Crippen molar-refractivity contribution in [2.24, 2.45) is 0 Å². The molecule has 0 N–H and O–H groups in total. The Labute approximate surface area is 648 Å². The van der Waals surface area contributed by atoms with Gasteiger partial charge in [0.1, 0.15) is 43.2 Å². The lowest BCUT2D eigenvalue weighted by Gasteiger charge is -2.51. The topological polar surface area (TPSA) is 346 Å². The molecular weight excluding hydrogens is 1470 g/mol. The Morgan fingerprint density at radius 2 is 0.880 bits per heavy atom. The number of allylic oxidation sites excluding steroid dienone is 4. The summed E-state index contributed by atoms with van der Waals surface area (Å²) in [4.78, 5) is 29.6. The van der Waals surface area contributed by atoms with Crippen molar-refractivity contribution in [3.63, 3.8) is 0 Å². The van der Waals surface area contributed by atoms with Gasteiger partial charge < -0.3 is 33.3 Å². The van der Waals surface area contributed by atoms with Crippen LogP contribution in [0.5, 0.6) is 0 Å². The van der Waals surface area contributed by atoms with E-state index in [-0.39, 0.29) is 90.3 Å². The number of hydrogen-bond donors (Lipinski definition) is 0. The van der Waals surface area contributed by atoms with Crippen LogP contribution in [0.3, 0.4) is 0 Å². The molecule has 1 aromatic rings. The van der Waals surface area contributed by atoms with Gasteiger partial charge in [-0.05, 0) is 108 Å². The molecule has 5 rings (SSSR count). The Morgan fingerprint density at radius 1 is 0.500 bits per heavy atom. The number of nitrogens with zero attached hydrogens (tertiary/aromatic N) is 6. The molecule has 2 saturated carbocycles. The van der Waals surface area contributed by atoms with Crippen molar-refractivity contribution >= 4 is 52.7 Å². The highest BCUT2D eigenvalue weighted by atomic mass is 35.5. The normalized spacial score (nSPS) is 20.5. The minimum Gasteiger partial charge on any atom is -0.462 e. The van der Waals surface area contributed by atoms with Gasteiger partial charge in [0, 0.05) is 68.9 Å². The second-order valence-electron chi connectivity index (χ2n) is 27.7. The molecule has 606 valence electrons. The maximum absolute atomic E-state index is 16.2. The number of halogens is 1. The summed E-state index contributed by atoms with van der Waals surface area (Å²) in [7, 11) is -15.5. The van der Waals surface area contributed by atoms with Gasteiger partial charge in [0.05, 0.1) is 102 Å². The Kier molecular flexibility index (Phi) is 47.8. The van der Waals surface area contributed by atoms with Crippen molar-refractivity contribution in [1.29, 1.82) is 26.3 Å². The molecule has 0 radical (unpaired) electrons. The lowest BCUT2D eigenvalue weighted by atomic mass is 9.84. The molecular formula is C78H122ClN6O20P3. The quantitative estimate of drug-likeness (QED) is 0.0192. The van der Waals surface area contributed by atoms with Crippen LogP contribution in [-0.4, -0.2) is 132 Å². The van der Waals surface area contributed by atoms with E-state index < -0.39 is 136 Å². The minimum absolute atomic E-state index is 0.00123. The van der Waals surface area contributed by atoms with Crippen molar-refractivity contribution in [1.82, 2.24) is 0 Å². The zero-order valence-corrected chi connectivity index (χ0v) is 67.8. The average Bonchev–Trinajstić information content (AvgIpc) is 1.53. The predicted molar refractivity (Wildman–Crippen MR) is 407 cm³/mol. The van der Waals surface area contributed by atoms with Crippen molar-refractivity contribution in [3.05, 3.63) is 53.6 Å². The van der Waals surface area contributed by atoms with Crippen LogP contribution >= 0.6 is 35.1 Å². The van der Waals surface area contributed by atoms with E-state index in [4.69, 9.17) is 80.7 Å². The van der Waals surface area contributed by atoms with Crippen LogP contribution in [-0.2, 0) is 92.4 Å². The molecule has 4 fully saturated rings. The van der Waals surface area contributed by atoms with Crippen molar-refractivity contribution in [3.8, 4) is 30.3 Å². The number of nitriles is 5. The van der Waals surface area contributed by atoms with E-state index in [2.05, 4.69) is 43.1 Å². The first-order valence-electron chi connectivity index (χ1n) is 39.9. The van der Waals surface area contributed by atoms with Crippen LogP contribution in [0.1, 0.15) is 271 Å². The maximum Gasteiger partial charge on any atom is 0.475 e. The Morgan fingerprint density at radius 3 is 1.30 bits per heavy atom. The number of esters is 2. The number of ether oxygens (including phenoxy) is 6. The van der Waals surface area contributed by atoms with Gasteiger partial charge >= 0.3 is 35.4 Å². The minimum atomic E-state index is -5.29. The van der Waals surface area contributed by atoms with E-state index >= 15 is 13.7 Å². The molecule has 0 bridgehead atoms. The summed E-state index contributed by atoms with van der Waals surface area (Å²) in [5, 5.41) is 49.1. The van der Waals surface area contributed by atoms with Gasteiger partial charge in [-0.1, -0.05) is 152 Å². The van der Waals surface area contributed by atoms with E-state index in [0.717, 1.165) is 82.7 Å². The first-order chi connectivity index (χ1) is 52.5. The first kappa shape index (κ1) is 93.9. The monoisotopic (exact) mass is 1590 g/mol. The van der Waals surface area contributed by atoms with Crippen LogP contribution < -0.4 is 4.90 Å². The number of phosphoric ester groups is 3. The van der Waals surface area contributed by atoms with E-state index in [9.17, 15) is 35.9 Å². The smallest absolute Gasteiger partial charge is 0.462 e. The number of rotatable bonds is 62. The highest BCUT2D eigenvalue weighted by Crippen LogP contribution is 2.62. The Bertz CT molecular complexity index is 3080. The highest BCUT2D eigenvalue weighted by molar-refractivity contribution is 7.49. The van der Waals surface area contributed by atoms with Crippen LogP contribution in [0.4, 0.5) is 5.69 Å². The fourth-order valence-electron chi connectivity index (χ4n) is 13.4. The highest BCUT2D eigenvalue weighted by Gasteiger charge is 2.67. The van der Waals surface area contributed by atoms with Crippen LogP contribution in [0.2, 0.25) is 5.02 Å². The second-order valence-corrected chi connectivity index (χ2v) is 33.0. The second kappa shape index (κ2) is 54.9. The molecule has 4 aliphatic rings. The molecule has 30 heteroatoms. The SMILES string of the molecule is CCCCCCCC/C=C\CCCCCCCC(=O)OCC(COP(=O)(OCCC#N)O[C@H]1[C@H](OC2(OCC)CCN(c3ccc(Cl)cc3)CC2)[C@@H](OP(=O)(OCCC#N)OCCC#N)[C@H](OP(=O)(OCCC#N)OCCC#N)[C@H]2OC3(CCCC3)O[C@H]21)OC(=O)CCCCCCC/C=C\CCCCCCCC. The number of carbonyl (C=O) groups excluding carboxylic acids is 2. The van der Waals surface area contributed by atoms with Crippen LogP contribution in [0.15, 0.2) is 48.6 Å². The maximum atomic E-state index is 16.2. The van der Waals surface area contributed by atoms with Gasteiger partial charge in [-0.15, -0.1) is 0 Å². The fraction of sp³-hybridized carbons (Fsp3) is 0.782. The fourth-order valence-corrected chi connectivity index (χ4v) is 17.6. The number of piperidine rings is 1. The number of fused-ring (bicyclic) bond motifs is 1. The van der Waals surface area contributed by atoms with Gasteiger partial charge in [0.2, 0.25) is 0 Å². The van der Waals surface area contributed by atoms with E-state index in [1.165, 1.54) is 77.0 Å². The van der Waals surface area contributed by atoms with Crippen LogP contribution in [0.25, 0.3) is 0 Å². The predicted octanol–water partition coefficient (Wildman–Crippen LogP) is 19.8. The molecule has 2 aliphatic heterocycles. The summed E-state index contributed by atoms with van der Waals surface area (Å²) in [5.41, 5.74) is 0.820. The lowest BCUT2D eigenvalue weighted by molar-refractivity contribution is -0.311. The average molecular weight is 1590 g/mol.